The Morgan fingerprint density at radius 2 is 2.25 bits per heavy atom. The van der Waals surface area contributed by atoms with Crippen LogP contribution < -0.4 is 10.1 Å². The quantitative estimate of drug-likeness (QED) is 0.778. The molecule has 0 unspecified atom stereocenters. The first-order chi connectivity index (χ1) is 7.77. The zero-order chi connectivity index (χ0) is 11.8. The van der Waals surface area contributed by atoms with E-state index >= 15 is 0 Å². The lowest BCUT2D eigenvalue weighted by Crippen LogP contribution is -2.15. The molecule has 2 nitrogen and oxygen atoms in total. The van der Waals surface area contributed by atoms with E-state index in [1.165, 1.54) is 0 Å². The van der Waals surface area contributed by atoms with Crippen molar-refractivity contribution in [2.45, 2.75) is 19.9 Å². The standard InChI is InChI=1S/C12H17BrFNO/c1-2-6-15-9-10-8-11(13)3-4-12(10)16-7-5-14/h3-4,8,15H,2,5-7,9H2,1H3. The number of rotatable bonds is 7. The van der Waals surface area contributed by atoms with Gasteiger partial charge in [0.2, 0.25) is 0 Å². The molecule has 1 aromatic carbocycles. The number of halogens is 2. The largest absolute Gasteiger partial charge is 0.491 e. The maximum atomic E-state index is 12.0. The molecule has 1 aromatic rings. The van der Waals surface area contributed by atoms with Gasteiger partial charge < -0.3 is 10.1 Å². The molecule has 0 aromatic heterocycles. The molecule has 0 heterocycles. The average molecular weight is 290 g/mol. The van der Waals surface area contributed by atoms with E-state index in [1.54, 1.807) is 0 Å². The fourth-order valence-corrected chi connectivity index (χ4v) is 1.78. The minimum Gasteiger partial charge on any atom is -0.491 e. The lowest BCUT2D eigenvalue weighted by Gasteiger charge is -2.11. The second-order valence-corrected chi connectivity index (χ2v) is 4.38. The van der Waals surface area contributed by atoms with Crippen LogP contribution in [0.4, 0.5) is 4.39 Å². The van der Waals surface area contributed by atoms with Gasteiger partial charge in [-0.1, -0.05) is 22.9 Å². The Morgan fingerprint density at radius 1 is 1.44 bits per heavy atom. The highest BCUT2D eigenvalue weighted by Gasteiger charge is 2.04. The minimum absolute atomic E-state index is 0.114. The maximum absolute atomic E-state index is 12.0. The summed E-state index contributed by atoms with van der Waals surface area (Å²) in [6.07, 6.45) is 1.09. The van der Waals surface area contributed by atoms with Crippen molar-refractivity contribution in [1.29, 1.82) is 0 Å². The first-order valence-corrected chi connectivity index (χ1v) is 6.25. The molecule has 0 saturated heterocycles. The van der Waals surface area contributed by atoms with Crippen LogP contribution in [0, 0.1) is 0 Å². The third kappa shape index (κ3) is 4.49. The smallest absolute Gasteiger partial charge is 0.123 e. The van der Waals surface area contributed by atoms with E-state index in [0.29, 0.717) is 0 Å². The van der Waals surface area contributed by atoms with Crippen molar-refractivity contribution in [3.63, 3.8) is 0 Å². The van der Waals surface area contributed by atoms with Gasteiger partial charge in [0.25, 0.3) is 0 Å². The summed E-state index contributed by atoms with van der Waals surface area (Å²) >= 11 is 3.42. The summed E-state index contributed by atoms with van der Waals surface area (Å²) in [4.78, 5) is 0. The van der Waals surface area contributed by atoms with Gasteiger partial charge in [0, 0.05) is 16.6 Å². The number of alkyl halides is 1. The highest BCUT2D eigenvalue weighted by molar-refractivity contribution is 9.10. The molecule has 4 heteroatoms. The van der Waals surface area contributed by atoms with Gasteiger partial charge in [-0.2, -0.15) is 0 Å². The van der Waals surface area contributed by atoms with E-state index in [-0.39, 0.29) is 6.61 Å². The zero-order valence-corrected chi connectivity index (χ0v) is 11.0. The van der Waals surface area contributed by atoms with E-state index in [0.717, 1.165) is 35.3 Å². The maximum Gasteiger partial charge on any atom is 0.123 e. The van der Waals surface area contributed by atoms with Gasteiger partial charge in [-0.25, -0.2) is 4.39 Å². The Balaban J connectivity index is 2.65. The summed E-state index contributed by atoms with van der Waals surface area (Å²) < 4.78 is 18.4. The minimum atomic E-state index is -0.460. The van der Waals surface area contributed by atoms with Crippen molar-refractivity contribution < 1.29 is 9.13 Å². The van der Waals surface area contributed by atoms with Crippen molar-refractivity contribution in [2.24, 2.45) is 0 Å². The molecule has 0 aliphatic heterocycles. The number of benzene rings is 1. The Bertz CT molecular complexity index is 320. The van der Waals surface area contributed by atoms with Crippen LogP contribution in [0.25, 0.3) is 0 Å². The lowest BCUT2D eigenvalue weighted by atomic mass is 10.2. The molecule has 0 bridgehead atoms. The van der Waals surface area contributed by atoms with Crippen LogP contribution in [0.3, 0.4) is 0 Å². The van der Waals surface area contributed by atoms with Gasteiger partial charge in [0.1, 0.15) is 19.0 Å². The van der Waals surface area contributed by atoms with E-state index in [4.69, 9.17) is 4.74 Å². The van der Waals surface area contributed by atoms with Crippen LogP contribution in [-0.2, 0) is 6.54 Å². The monoisotopic (exact) mass is 289 g/mol. The predicted molar refractivity (Wildman–Crippen MR) is 67.6 cm³/mol. The molecule has 0 fully saturated rings. The molecule has 0 saturated carbocycles. The van der Waals surface area contributed by atoms with Gasteiger partial charge in [-0.3, -0.25) is 0 Å². The molecule has 1 rings (SSSR count). The van der Waals surface area contributed by atoms with Crippen LogP contribution in [0.1, 0.15) is 18.9 Å². The second kappa shape index (κ2) is 7.63. The molecule has 0 spiro atoms. The highest BCUT2D eigenvalue weighted by Crippen LogP contribution is 2.23. The Hall–Kier alpha value is -0.610. The van der Waals surface area contributed by atoms with Crippen LogP contribution in [-0.4, -0.2) is 19.8 Å². The molecular weight excluding hydrogens is 273 g/mol. The third-order valence-corrected chi connectivity index (χ3v) is 2.59. The topological polar surface area (TPSA) is 21.3 Å². The van der Waals surface area contributed by atoms with Crippen LogP contribution in [0.2, 0.25) is 0 Å². The summed E-state index contributed by atoms with van der Waals surface area (Å²) in [5.41, 5.74) is 1.05. The van der Waals surface area contributed by atoms with Gasteiger partial charge in [-0.05, 0) is 31.2 Å². The first kappa shape index (κ1) is 13.5. The summed E-state index contributed by atoms with van der Waals surface area (Å²) in [6, 6.07) is 5.76. The molecule has 0 aliphatic carbocycles. The molecule has 0 atom stereocenters. The molecule has 0 amide bonds. The number of nitrogens with one attached hydrogen (secondary N) is 1. The molecular formula is C12H17BrFNO. The molecule has 0 radical (unpaired) electrons. The van der Waals surface area contributed by atoms with Crippen molar-refractivity contribution in [2.75, 3.05) is 19.8 Å². The van der Waals surface area contributed by atoms with Crippen molar-refractivity contribution >= 4 is 15.9 Å². The van der Waals surface area contributed by atoms with E-state index < -0.39 is 6.67 Å². The predicted octanol–water partition coefficient (Wildman–Crippen LogP) is 3.30. The summed E-state index contributed by atoms with van der Waals surface area (Å²) in [5, 5.41) is 3.30. The van der Waals surface area contributed by atoms with Crippen molar-refractivity contribution in [3.8, 4) is 5.75 Å². The average Bonchev–Trinajstić information content (AvgIpc) is 2.28. The SMILES string of the molecule is CCCNCc1cc(Br)ccc1OCCF. The van der Waals surface area contributed by atoms with E-state index in [2.05, 4.69) is 28.2 Å². The number of ether oxygens (including phenoxy) is 1. The third-order valence-electron chi connectivity index (χ3n) is 2.10. The first-order valence-electron chi connectivity index (χ1n) is 5.45. The number of hydrogen-bond acceptors (Lipinski definition) is 2. The fraction of sp³-hybridized carbons (Fsp3) is 0.500. The lowest BCUT2D eigenvalue weighted by molar-refractivity contribution is 0.270. The Labute approximate surface area is 104 Å². The zero-order valence-electron chi connectivity index (χ0n) is 9.43. The molecule has 1 N–H and O–H groups in total. The summed E-state index contributed by atoms with van der Waals surface area (Å²) in [6.45, 7) is 3.48. The Kier molecular flexibility index (Phi) is 6.42. The van der Waals surface area contributed by atoms with Crippen LogP contribution >= 0.6 is 15.9 Å². The van der Waals surface area contributed by atoms with Gasteiger partial charge in [-0.15, -0.1) is 0 Å². The van der Waals surface area contributed by atoms with Crippen molar-refractivity contribution in [3.05, 3.63) is 28.2 Å². The second-order valence-electron chi connectivity index (χ2n) is 3.47. The molecule has 90 valence electrons. The van der Waals surface area contributed by atoms with Gasteiger partial charge in [0.15, 0.2) is 0 Å². The molecule has 16 heavy (non-hydrogen) atoms. The van der Waals surface area contributed by atoms with Crippen LogP contribution in [0.5, 0.6) is 5.75 Å². The van der Waals surface area contributed by atoms with E-state index in [1.807, 2.05) is 18.2 Å². The molecule has 0 aliphatic rings. The Morgan fingerprint density at radius 3 is 2.94 bits per heavy atom. The highest BCUT2D eigenvalue weighted by atomic mass is 79.9. The van der Waals surface area contributed by atoms with E-state index in [9.17, 15) is 4.39 Å². The summed E-state index contributed by atoms with van der Waals surface area (Å²) in [5.74, 6) is 0.754. The number of hydrogen-bond donors (Lipinski definition) is 1. The fourth-order valence-electron chi connectivity index (χ4n) is 1.38. The normalized spacial score (nSPS) is 10.4. The van der Waals surface area contributed by atoms with Gasteiger partial charge >= 0.3 is 0 Å². The van der Waals surface area contributed by atoms with Gasteiger partial charge in [0.05, 0.1) is 0 Å². The van der Waals surface area contributed by atoms with Crippen molar-refractivity contribution in [1.82, 2.24) is 5.32 Å². The van der Waals surface area contributed by atoms with Crippen LogP contribution in [0.15, 0.2) is 22.7 Å². The summed E-state index contributed by atoms with van der Waals surface area (Å²) in [7, 11) is 0.